The Morgan fingerprint density at radius 1 is 0.857 bits per heavy atom. The molecular formula is C27H35N3O5. The molecule has 3 unspecified atom stereocenters. The number of rotatable bonds is 9. The van der Waals surface area contributed by atoms with E-state index in [-0.39, 0.29) is 36.6 Å². The minimum Gasteiger partial charge on any atom is -0.494 e. The van der Waals surface area contributed by atoms with Crippen LogP contribution in [0.5, 0.6) is 11.5 Å². The standard InChI is InChI=1S/C27H35N3O5/c1-17-9-8-12-20(18(17)2)28-25(31)13-14-26(32)29-21-15-24(35-4)22(16-23(21)34-3)30-27(33)19-10-6-5-7-11-19/h5-7,10-11,15-18,20H,8-9,12-14H2,1-4H3,(H,28,31)(H,29,32)(H,30,33). The summed E-state index contributed by atoms with van der Waals surface area (Å²) in [6.45, 7) is 4.39. The van der Waals surface area contributed by atoms with Gasteiger partial charge in [-0.25, -0.2) is 0 Å². The number of ether oxygens (including phenoxy) is 2. The number of benzene rings is 2. The number of hydrogen-bond acceptors (Lipinski definition) is 5. The topological polar surface area (TPSA) is 106 Å². The summed E-state index contributed by atoms with van der Waals surface area (Å²) >= 11 is 0. The van der Waals surface area contributed by atoms with Crippen molar-refractivity contribution in [3.05, 3.63) is 48.0 Å². The Kier molecular flexibility index (Phi) is 9.11. The minimum atomic E-state index is -0.313. The first kappa shape index (κ1) is 26.1. The van der Waals surface area contributed by atoms with Gasteiger partial charge in [-0.3, -0.25) is 14.4 Å². The van der Waals surface area contributed by atoms with Crippen molar-refractivity contribution in [1.29, 1.82) is 0 Å². The third-order valence-corrected chi connectivity index (χ3v) is 6.71. The maximum atomic E-state index is 12.6. The van der Waals surface area contributed by atoms with Crippen LogP contribution in [0.1, 0.15) is 56.3 Å². The third kappa shape index (κ3) is 6.97. The first-order valence-electron chi connectivity index (χ1n) is 12.0. The normalized spacial score (nSPS) is 19.4. The van der Waals surface area contributed by atoms with Gasteiger partial charge in [0, 0.05) is 36.6 Å². The molecule has 0 aliphatic heterocycles. The Morgan fingerprint density at radius 3 is 2.09 bits per heavy atom. The van der Waals surface area contributed by atoms with E-state index in [1.165, 1.54) is 20.6 Å². The minimum absolute atomic E-state index is 0.0421. The molecule has 3 N–H and O–H groups in total. The van der Waals surface area contributed by atoms with Gasteiger partial charge in [-0.15, -0.1) is 0 Å². The van der Waals surface area contributed by atoms with Crippen LogP contribution in [0.4, 0.5) is 11.4 Å². The predicted molar refractivity (Wildman–Crippen MR) is 136 cm³/mol. The highest BCUT2D eigenvalue weighted by molar-refractivity contribution is 6.05. The molecule has 1 fully saturated rings. The average molecular weight is 482 g/mol. The van der Waals surface area contributed by atoms with Crippen LogP contribution in [0.2, 0.25) is 0 Å². The molecule has 0 heterocycles. The Labute approximate surface area is 206 Å². The molecule has 8 heteroatoms. The number of carbonyl (C=O) groups is 3. The van der Waals surface area contributed by atoms with Gasteiger partial charge in [-0.05, 0) is 30.4 Å². The largest absolute Gasteiger partial charge is 0.494 e. The first-order valence-corrected chi connectivity index (χ1v) is 12.0. The number of amides is 3. The second kappa shape index (κ2) is 12.2. The van der Waals surface area contributed by atoms with E-state index >= 15 is 0 Å². The number of anilines is 2. The van der Waals surface area contributed by atoms with Crippen LogP contribution >= 0.6 is 0 Å². The third-order valence-electron chi connectivity index (χ3n) is 6.71. The highest BCUT2D eigenvalue weighted by Crippen LogP contribution is 2.37. The van der Waals surface area contributed by atoms with Gasteiger partial charge in [0.1, 0.15) is 11.5 Å². The van der Waals surface area contributed by atoms with Crippen molar-refractivity contribution < 1.29 is 23.9 Å². The van der Waals surface area contributed by atoms with Crippen LogP contribution in [-0.4, -0.2) is 38.0 Å². The van der Waals surface area contributed by atoms with E-state index < -0.39 is 0 Å². The molecule has 0 aromatic heterocycles. The Morgan fingerprint density at radius 2 is 1.46 bits per heavy atom. The van der Waals surface area contributed by atoms with E-state index in [0.29, 0.717) is 40.3 Å². The van der Waals surface area contributed by atoms with Crippen molar-refractivity contribution in [3.63, 3.8) is 0 Å². The van der Waals surface area contributed by atoms with Gasteiger partial charge in [-0.1, -0.05) is 44.9 Å². The monoisotopic (exact) mass is 481 g/mol. The second-order valence-electron chi connectivity index (χ2n) is 9.06. The molecule has 0 bridgehead atoms. The zero-order chi connectivity index (χ0) is 25.4. The maximum absolute atomic E-state index is 12.6. The van der Waals surface area contributed by atoms with Crippen LogP contribution in [0.15, 0.2) is 42.5 Å². The summed E-state index contributed by atoms with van der Waals surface area (Å²) in [5.74, 6) is 1.01. The zero-order valence-corrected chi connectivity index (χ0v) is 20.9. The lowest BCUT2D eigenvalue weighted by atomic mass is 9.78. The van der Waals surface area contributed by atoms with E-state index in [1.54, 1.807) is 36.4 Å². The number of nitrogens with one attached hydrogen (secondary N) is 3. The average Bonchev–Trinajstić information content (AvgIpc) is 2.86. The lowest BCUT2D eigenvalue weighted by molar-refractivity contribution is -0.125. The van der Waals surface area contributed by atoms with Crippen molar-refractivity contribution >= 4 is 29.1 Å². The van der Waals surface area contributed by atoms with Gasteiger partial charge in [0.15, 0.2) is 0 Å². The number of carbonyl (C=O) groups excluding carboxylic acids is 3. The smallest absolute Gasteiger partial charge is 0.255 e. The lowest BCUT2D eigenvalue weighted by Gasteiger charge is -2.34. The van der Waals surface area contributed by atoms with E-state index in [1.807, 2.05) is 6.07 Å². The SMILES string of the molecule is COc1cc(NC(=O)c2ccccc2)c(OC)cc1NC(=O)CCC(=O)NC1CCCC(C)C1C. The highest BCUT2D eigenvalue weighted by atomic mass is 16.5. The molecule has 3 atom stereocenters. The number of hydrogen-bond donors (Lipinski definition) is 3. The van der Waals surface area contributed by atoms with Crippen LogP contribution in [0.25, 0.3) is 0 Å². The fourth-order valence-corrected chi connectivity index (χ4v) is 4.38. The van der Waals surface area contributed by atoms with E-state index in [9.17, 15) is 14.4 Å². The molecule has 1 aliphatic rings. The molecule has 3 amide bonds. The van der Waals surface area contributed by atoms with Gasteiger partial charge < -0.3 is 25.4 Å². The van der Waals surface area contributed by atoms with Gasteiger partial charge in [-0.2, -0.15) is 0 Å². The van der Waals surface area contributed by atoms with Crippen molar-refractivity contribution in [2.75, 3.05) is 24.9 Å². The highest BCUT2D eigenvalue weighted by Gasteiger charge is 2.28. The predicted octanol–water partition coefficient (Wildman–Crippen LogP) is 4.62. The Bertz CT molecular complexity index is 1040. The maximum Gasteiger partial charge on any atom is 0.255 e. The van der Waals surface area contributed by atoms with E-state index in [0.717, 1.165) is 12.8 Å². The van der Waals surface area contributed by atoms with E-state index in [4.69, 9.17) is 9.47 Å². The Hall–Kier alpha value is -3.55. The molecule has 8 nitrogen and oxygen atoms in total. The van der Waals surface area contributed by atoms with Gasteiger partial charge in [0.05, 0.1) is 25.6 Å². The van der Waals surface area contributed by atoms with Gasteiger partial charge >= 0.3 is 0 Å². The lowest BCUT2D eigenvalue weighted by Crippen LogP contribution is -2.43. The number of methoxy groups -OCH3 is 2. The fourth-order valence-electron chi connectivity index (χ4n) is 4.38. The van der Waals surface area contributed by atoms with Crippen LogP contribution < -0.4 is 25.4 Å². The van der Waals surface area contributed by atoms with Crippen molar-refractivity contribution in [2.45, 2.75) is 52.0 Å². The summed E-state index contributed by atoms with van der Waals surface area (Å²) in [6, 6.07) is 12.1. The van der Waals surface area contributed by atoms with Crippen LogP contribution in [-0.2, 0) is 9.59 Å². The molecule has 0 spiro atoms. The molecule has 1 saturated carbocycles. The summed E-state index contributed by atoms with van der Waals surface area (Å²) < 4.78 is 10.8. The Balaban J connectivity index is 1.61. The molecule has 1 aliphatic carbocycles. The molecule has 3 rings (SSSR count). The second-order valence-corrected chi connectivity index (χ2v) is 9.06. The molecule has 0 radical (unpaired) electrons. The van der Waals surface area contributed by atoms with Crippen molar-refractivity contribution in [3.8, 4) is 11.5 Å². The van der Waals surface area contributed by atoms with Gasteiger partial charge in [0.25, 0.3) is 5.91 Å². The molecule has 188 valence electrons. The summed E-state index contributed by atoms with van der Waals surface area (Å²) in [7, 11) is 2.95. The summed E-state index contributed by atoms with van der Waals surface area (Å²) in [5.41, 5.74) is 1.30. The van der Waals surface area contributed by atoms with Gasteiger partial charge in [0.2, 0.25) is 11.8 Å². The molecule has 35 heavy (non-hydrogen) atoms. The molecule has 2 aromatic rings. The van der Waals surface area contributed by atoms with Crippen molar-refractivity contribution in [1.82, 2.24) is 5.32 Å². The van der Waals surface area contributed by atoms with Crippen molar-refractivity contribution in [2.24, 2.45) is 11.8 Å². The summed E-state index contributed by atoms with van der Waals surface area (Å²) in [4.78, 5) is 37.6. The quantitative estimate of drug-likeness (QED) is 0.485. The zero-order valence-electron chi connectivity index (χ0n) is 20.9. The summed E-state index contributed by atoms with van der Waals surface area (Å²) in [5, 5.41) is 8.69. The van der Waals surface area contributed by atoms with Crippen LogP contribution in [0, 0.1) is 11.8 Å². The molecule has 2 aromatic carbocycles. The molecular weight excluding hydrogens is 446 g/mol. The summed E-state index contributed by atoms with van der Waals surface area (Å²) in [6.07, 6.45) is 3.43. The van der Waals surface area contributed by atoms with Crippen LogP contribution in [0.3, 0.4) is 0 Å². The molecule has 0 saturated heterocycles. The fraction of sp³-hybridized carbons (Fsp3) is 0.444. The first-order chi connectivity index (χ1) is 16.8. The van der Waals surface area contributed by atoms with E-state index in [2.05, 4.69) is 29.8 Å².